The number of aromatic nitrogens is 2. The van der Waals surface area contributed by atoms with Crippen molar-refractivity contribution in [1.29, 1.82) is 0 Å². The average molecular weight is 243 g/mol. The number of nitrogens with zero attached hydrogens (tertiary/aromatic N) is 3. The fourth-order valence-electron chi connectivity index (χ4n) is 1.67. The van der Waals surface area contributed by atoms with Crippen LogP contribution in [0.4, 0.5) is 0 Å². The molecule has 94 valence electrons. The van der Waals surface area contributed by atoms with Gasteiger partial charge < -0.3 is 15.5 Å². The Morgan fingerprint density at radius 3 is 3.17 bits per heavy atom. The second kappa shape index (κ2) is 5.35. The first kappa shape index (κ1) is 12.2. The highest BCUT2D eigenvalue weighted by molar-refractivity contribution is 5.77. The van der Waals surface area contributed by atoms with Crippen molar-refractivity contribution in [2.45, 2.75) is 13.5 Å². The Kier molecular flexibility index (Phi) is 3.62. The zero-order valence-electron chi connectivity index (χ0n) is 10.4. The van der Waals surface area contributed by atoms with Crippen molar-refractivity contribution >= 4 is 11.6 Å². The molecular weight excluding hydrogens is 226 g/mol. The molecule has 0 unspecified atom stereocenters. The summed E-state index contributed by atoms with van der Waals surface area (Å²) in [5.41, 5.74) is 8.66. The number of imidazole rings is 1. The topological polar surface area (TPSA) is 67.7 Å². The van der Waals surface area contributed by atoms with Gasteiger partial charge in [0.05, 0.1) is 12.2 Å². The Balaban J connectivity index is 2.13. The van der Waals surface area contributed by atoms with Crippen LogP contribution in [-0.4, -0.2) is 21.9 Å². The molecule has 2 aromatic rings. The molecule has 0 radical (unpaired) electrons. The summed E-state index contributed by atoms with van der Waals surface area (Å²) in [6.45, 7) is 6.72. The molecule has 0 aliphatic heterocycles. The van der Waals surface area contributed by atoms with Gasteiger partial charge in [0.2, 0.25) is 0 Å². The summed E-state index contributed by atoms with van der Waals surface area (Å²) in [5.74, 6) is 0.406. The highest BCUT2D eigenvalue weighted by Crippen LogP contribution is 2.08. The standard InChI is InChI=1S/C13H17N5/c1-3-7-15-13(14)16-8-11-9-18-10(2)5-4-6-12(18)17-11/h3-6,9H,1,7-8H2,2H3,(H3,14,15,16). The van der Waals surface area contributed by atoms with Crippen LogP contribution < -0.4 is 11.1 Å². The molecule has 5 heteroatoms. The van der Waals surface area contributed by atoms with Crippen molar-refractivity contribution in [1.82, 2.24) is 14.7 Å². The fraction of sp³-hybridized carbons (Fsp3) is 0.231. The smallest absolute Gasteiger partial charge is 0.189 e. The molecule has 0 aliphatic carbocycles. The molecule has 2 aromatic heterocycles. The van der Waals surface area contributed by atoms with Crippen LogP contribution in [0.5, 0.6) is 0 Å². The number of aryl methyl sites for hydroxylation is 1. The van der Waals surface area contributed by atoms with Gasteiger partial charge in [-0.05, 0) is 19.1 Å². The van der Waals surface area contributed by atoms with E-state index in [9.17, 15) is 0 Å². The van der Waals surface area contributed by atoms with Crippen molar-refractivity contribution in [2.75, 3.05) is 6.54 Å². The lowest BCUT2D eigenvalue weighted by Crippen LogP contribution is -2.31. The van der Waals surface area contributed by atoms with E-state index in [-0.39, 0.29) is 0 Å². The quantitative estimate of drug-likeness (QED) is 0.482. The number of nitrogens with two attached hydrogens (primary N) is 1. The van der Waals surface area contributed by atoms with E-state index in [1.807, 2.05) is 35.7 Å². The van der Waals surface area contributed by atoms with Crippen LogP contribution in [0.3, 0.4) is 0 Å². The van der Waals surface area contributed by atoms with E-state index in [1.165, 1.54) is 0 Å². The Hall–Kier alpha value is -2.30. The number of fused-ring (bicyclic) bond motifs is 1. The third-order valence-corrected chi connectivity index (χ3v) is 2.58. The molecule has 0 spiro atoms. The maximum absolute atomic E-state index is 5.69. The van der Waals surface area contributed by atoms with Gasteiger partial charge in [0, 0.05) is 18.4 Å². The molecule has 0 aromatic carbocycles. The summed E-state index contributed by atoms with van der Waals surface area (Å²) in [6, 6.07) is 6.01. The summed E-state index contributed by atoms with van der Waals surface area (Å²) in [7, 11) is 0. The molecule has 2 rings (SSSR count). The van der Waals surface area contributed by atoms with E-state index in [1.54, 1.807) is 6.08 Å². The van der Waals surface area contributed by atoms with Gasteiger partial charge in [-0.15, -0.1) is 6.58 Å². The molecule has 0 atom stereocenters. The fourth-order valence-corrected chi connectivity index (χ4v) is 1.67. The van der Waals surface area contributed by atoms with Crippen molar-refractivity contribution in [3.63, 3.8) is 0 Å². The highest BCUT2D eigenvalue weighted by atomic mass is 15.1. The van der Waals surface area contributed by atoms with Gasteiger partial charge in [0.15, 0.2) is 5.96 Å². The lowest BCUT2D eigenvalue weighted by molar-refractivity contribution is 0.950. The average Bonchev–Trinajstić information content (AvgIpc) is 2.78. The molecule has 2 heterocycles. The van der Waals surface area contributed by atoms with Crippen molar-refractivity contribution in [3.05, 3.63) is 48.4 Å². The van der Waals surface area contributed by atoms with Crippen molar-refractivity contribution < 1.29 is 0 Å². The van der Waals surface area contributed by atoms with E-state index in [0.29, 0.717) is 19.0 Å². The molecule has 0 saturated heterocycles. The van der Waals surface area contributed by atoms with Gasteiger partial charge >= 0.3 is 0 Å². The van der Waals surface area contributed by atoms with E-state index >= 15 is 0 Å². The number of pyridine rings is 1. The van der Waals surface area contributed by atoms with Gasteiger partial charge in [-0.25, -0.2) is 9.98 Å². The minimum absolute atomic E-state index is 0.406. The number of guanidine groups is 1. The Morgan fingerprint density at radius 2 is 2.44 bits per heavy atom. The van der Waals surface area contributed by atoms with Gasteiger partial charge in [0.25, 0.3) is 0 Å². The minimum atomic E-state index is 0.406. The molecule has 0 fully saturated rings. The van der Waals surface area contributed by atoms with E-state index < -0.39 is 0 Å². The second-order valence-corrected chi connectivity index (χ2v) is 4.00. The number of hydrogen-bond acceptors (Lipinski definition) is 2. The van der Waals surface area contributed by atoms with Crippen LogP contribution in [-0.2, 0) is 6.54 Å². The van der Waals surface area contributed by atoms with Crippen molar-refractivity contribution in [3.8, 4) is 0 Å². The number of hydrogen-bond donors (Lipinski definition) is 2. The first-order chi connectivity index (χ1) is 8.70. The lowest BCUT2D eigenvalue weighted by atomic mass is 10.4. The molecule has 0 saturated carbocycles. The summed E-state index contributed by atoms with van der Waals surface area (Å²) in [6.07, 6.45) is 3.71. The van der Waals surface area contributed by atoms with Crippen LogP contribution >= 0.6 is 0 Å². The van der Waals surface area contributed by atoms with E-state index in [2.05, 4.69) is 21.9 Å². The minimum Gasteiger partial charge on any atom is -0.370 e. The number of rotatable bonds is 4. The molecule has 5 nitrogen and oxygen atoms in total. The maximum Gasteiger partial charge on any atom is 0.189 e. The Bertz CT molecular complexity index is 582. The Labute approximate surface area is 106 Å². The third kappa shape index (κ3) is 2.68. The number of aliphatic imine (C=N–C) groups is 1. The molecule has 0 bridgehead atoms. The predicted molar refractivity (Wildman–Crippen MR) is 73.5 cm³/mol. The zero-order chi connectivity index (χ0) is 13.0. The second-order valence-electron chi connectivity index (χ2n) is 4.00. The van der Waals surface area contributed by atoms with E-state index in [4.69, 9.17) is 5.73 Å². The normalized spacial score (nSPS) is 11.7. The summed E-state index contributed by atoms with van der Waals surface area (Å²) in [4.78, 5) is 8.69. The van der Waals surface area contributed by atoms with Crippen LogP contribution in [0.15, 0.2) is 42.0 Å². The maximum atomic E-state index is 5.69. The van der Waals surface area contributed by atoms with Crippen LogP contribution in [0.1, 0.15) is 11.4 Å². The number of nitrogens with one attached hydrogen (secondary N) is 1. The van der Waals surface area contributed by atoms with Crippen LogP contribution in [0.25, 0.3) is 5.65 Å². The van der Waals surface area contributed by atoms with Crippen LogP contribution in [0.2, 0.25) is 0 Å². The molecule has 18 heavy (non-hydrogen) atoms. The molecular formula is C13H17N5. The summed E-state index contributed by atoms with van der Waals surface area (Å²) >= 11 is 0. The van der Waals surface area contributed by atoms with Gasteiger partial charge in [-0.2, -0.15) is 0 Å². The first-order valence-corrected chi connectivity index (χ1v) is 5.79. The van der Waals surface area contributed by atoms with Gasteiger partial charge in [-0.3, -0.25) is 0 Å². The first-order valence-electron chi connectivity index (χ1n) is 5.79. The largest absolute Gasteiger partial charge is 0.370 e. The SMILES string of the molecule is C=CCNC(N)=NCc1cn2c(C)cccc2n1. The van der Waals surface area contributed by atoms with Gasteiger partial charge in [-0.1, -0.05) is 12.1 Å². The highest BCUT2D eigenvalue weighted by Gasteiger charge is 2.02. The molecule has 0 aliphatic rings. The molecule has 0 amide bonds. The third-order valence-electron chi connectivity index (χ3n) is 2.58. The summed E-state index contributed by atoms with van der Waals surface area (Å²) < 4.78 is 2.04. The zero-order valence-corrected chi connectivity index (χ0v) is 10.4. The monoisotopic (exact) mass is 243 g/mol. The predicted octanol–water partition coefficient (Wildman–Crippen LogP) is 1.23. The van der Waals surface area contributed by atoms with Gasteiger partial charge in [0.1, 0.15) is 5.65 Å². The Morgan fingerprint density at radius 1 is 1.61 bits per heavy atom. The van der Waals surface area contributed by atoms with Crippen molar-refractivity contribution in [2.24, 2.45) is 10.7 Å². The summed E-state index contributed by atoms with van der Waals surface area (Å²) in [5, 5.41) is 2.92. The van der Waals surface area contributed by atoms with Crippen LogP contribution in [0, 0.1) is 6.92 Å². The van der Waals surface area contributed by atoms with E-state index in [0.717, 1.165) is 17.0 Å². The lowest BCUT2D eigenvalue weighted by Gasteiger charge is -2.00. The molecule has 3 N–H and O–H groups in total.